The van der Waals surface area contributed by atoms with E-state index in [0.717, 1.165) is 13.1 Å². The minimum atomic E-state index is -0.629. The molecule has 0 heterocycles. The molecule has 0 saturated carbocycles. The van der Waals surface area contributed by atoms with Crippen molar-refractivity contribution in [1.29, 1.82) is 0 Å². The average Bonchev–Trinajstić information content (AvgIpc) is 2.26. The lowest BCUT2D eigenvalue weighted by Crippen LogP contribution is -2.54. The minimum Gasteiger partial charge on any atom is -0.383 e. The molecule has 0 radical (unpaired) electrons. The summed E-state index contributed by atoms with van der Waals surface area (Å²) in [5, 5.41) is 3.15. The molecule has 2 unspecified atom stereocenters. The maximum Gasteiger partial charge on any atom is 0.237 e. The first-order valence-corrected chi connectivity index (χ1v) is 6.11. The summed E-state index contributed by atoms with van der Waals surface area (Å²) in [5.74, 6) is -0.299. The summed E-state index contributed by atoms with van der Waals surface area (Å²) in [6.45, 7) is 8.14. The monoisotopic (exact) mass is 245 g/mol. The van der Waals surface area contributed by atoms with Crippen molar-refractivity contribution in [3.8, 4) is 0 Å². The van der Waals surface area contributed by atoms with E-state index in [9.17, 15) is 4.79 Å². The van der Waals surface area contributed by atoms with Crippen molar-refractivity contribution < 1.29 is 9.53 Å². The number of nitrogens with two attached hydrogens (primary N) is 1. The van der Waals surface area contributed by atoms with Crippen LogP contribution >= 0.6 is 0 Å². The molecule has 0 aromatic heterocycles. The second-order valence-corrected chi connectivity index (χ2v) is 4.76. The fraction of sp³-hybridized carbons (Fsp3) is 0.917. The van der Waals surface area contributed by atoms with Gasteiger partial charge in [-0.05, 0) is 33.9 Å². The van der Waals surface area contributed by atoms with Gasteiger partial charge in [-0.15, -0.1) is 0 Å². The van der Waals surface area contributed by atoms with Crippen molar-refractivity contribution in [1.82, 2.24) is 10.2 Å². The second kappa shape index (κ2) is 7.63. The molecule has 1 amide bonds. The number of carbonyl (C=O) groups is 1. The number of ether oxygens (including phenoxy) is 1. The summed E-state index contributed by atoms with van der Waals surface area (Å²) in [7, 11) is 3.72. The number of primary amides is 1. The topological polar surface area (TPSA) is 67.6 Å². The van der Waals surface area contributed by atoms with Gasteiger partial charge in [-0.2, -0.15) is 0 Å². The molecule has 0 spiro atoms. The van der Waals surface area contributed by atoms with E-state index in [2.05, 4.69) is 17.1 Å². The summed E-state index contributed by atoms with van der Waals surface area (Å²) < 4.78 is 5.10. The maximum atomic E-state index is 11.4. The van der Waals surface area contributed by atoms with Crippen molar-refractivity contribution in [3.63, 3.8) is 0 Å². The predicted octanol–water partition coefficient (Wildman–Crippen LogP) is 0.197. The Morgan fingerprint density at radius 1 is 1.59 bits per heavy atom. The number of hydrogen-bond donors (Lipinski definition) is 2. The molecule has 0 rings (SSSR count). The zero-order valence-corrected chi connectivity index (χ0v) is 11.7. The lowest BCUT2D eigenvalue weighted by atomic mass is 9.96. The van der Waals surface area contributed by atoms with Gasteiger partial charge in [-0.1, -0.05) is 6.92 Å². The first-order chi connectivity index (χ1) is 7.87. The first-order valence-electron chi connectivity index (χ1n) is 6.11. The highest BCUT2D eigenvalue weighted by Gasteiger charge is 2.30. The fourth-order valence-corrected chi connectivity index (χ4v) is 1.68. The van der Waals surface area contributed by atoms with Gasteiger partial charge >= 0.3 is 0 Å². The van der Waals surface area contributed by atoms with Crippen LogP contribution in [0.15, 0.2) is 0 Å². The highest BCUT2D eigenvalue weighted by molar-refractivity contribution is 5.84. The predicted molar refractivity (Wildman–Crippen MR) is 69.9 cm³/mol. The zero-order valence-electron chi connectivity index (χ0n) is 11.7. The Hall–Kier alpha value is -0.650. The van der Waals surface area contributed by atoms with E-state index in [1.165, 1.54) is 0 Å². The fourth-order valence-electron chi connectivity index (χ4n) is 1.68. The Balaban J connectivity index is 4.26. The standard InChI is InChI=1S/C12H27N3O2/c1-6-14-12(3,11(13)16)7-8-15(4)10(2)9-17-5/h10,14H,6-9H2,1-5H3,(H2,13,16). The van der Waals surface area contributed by atoms with Crippen molar-refractivity contribution >= 4 is 5.91 Å². The van der Waals surface area contributed by atoms with Gasteiger partial charge in [0.2, 0.25) is 5.91 Å². The Kier molecular flexibility index (Phi) is 7.34. The summed E-state index contributed by atoms with van der Waals surface area (Å²) in [6.07, 6.45) is 0.695. The van der Waals surface area contributed by atoms with Gasteiger partial charge in [0, 0.05) is 19.7 Å². The lowest BCUT2D eigenvalue weighted by molar-refractivity contribution is -0.124. The van der Waals surface area contributed by atoms with E-state index in [1.807, 2.05) is 20.9 Å². The van der Waals surface area contributed by atoms with Gasteiger partial charge < -0.3 is 20.7 Å². The van der Waals surface area contributed by atoms with Crippen LogP contribution in [0.1, 0.15) is 27.2 Å². The lowest BCUT2D eigenvalue weighted by Gasteiger charge is -2.31. The van der Waals surface area contributed by atoms with Gasteiger partial charge in [-0.3, -0.25) is 4.79 Å². The number of methoxy groups -OCH3 is 1. The Morgan fingerprint density at radius 2 is 2.18 bits per heavy atom. The molecular weight excluding hydrogens is 218 g/mol. The molecule has 0 aliphatic heterocycles. The Morgan fingerprint density at radius 3 is 2.59 bits per heavy atom. The van der Waals surface area contributed by atoms with Crippen LogP contribution in [0, 0.1) is 0 Å². The largest absolute Gasteiger partial charge is 0.383 e. The molecule has 0 aromatic carbocycles. The van der Waals surface area contributed by atoms with Crippen molar-refractivity contribution in [2.75, 3.05) is 33.9 Å². The number of nitrogens with one attached hydrogen (secondary N) is 1. The number of rotatable bonds is 9. The van der Waals surface area contributed by atoms with Gasteiger partial charge in [0.05, 0.1) is 12.1 Å². The molecule has 5 nitrogen and oxygen atoms in total. The molecular formula is C12H27N3O2. The molecule has 17 heavy (non-hydrogen) atoms. The number of nitrogens with zero attached hydrogens (tertiary/aromatic N) is 1. The van der Waals surface area contributed by atoms with Crippen LogP contribution in [-0.2, 0) is 9.53 Å². The Labute approximate surface area is 105 Å². The average molecular weight is 245 g/mol. The highest BCUT2D eigenvalue weighted by atomic mass is 16.5. The highest BCUT2D eigenvalue weighted by Crippen LogP contribution is 2.10. The third-order valence-electron chi connectivity index (χ3n) is 3.24. The van der Waals surface area contributed by atoms with Gasteiger partial charge in [0.15, 0.2) is 0 Å². The second-order valence-electron chi connectivity index (χ2n) is 4.76. The zero-order chi connectivity index (χ0) is 13.5. The van der Waals surface area contributed by atoms with Gasteiger partial charge in [-0.25, -0.2) is 0 Å². The summed E-state index contributed by atoms with van der Waals surface area (Å²) in [6, 6.07) is 0.332. The van der Waals surface area contributed by atoms with Crippen LogP contribution in [0.25, 0.3) is 0 Å². The van der Waals surface area contributed by atoms with Crippen LogP contribution in [0.4, 0.5) is 0 Å². The SMILES string of the molecule is CCNC(C)(CCN(C)C(C)COC)C(N)=O. The smallest absolute Gasteiger partial charge is 0.237 e. The number of carbonyl (C=O) groups excluding carboxylic acids is 1. The van der Waals surface area contributed by atoms with E-state index in [1.54, 1.807) is 7.11 Å². The summed E-state index contributed by atoms with van der Waals surface area (Å²) in [5.41, 5.74) is 4.80. The summed E-state index contributed by atoms with van der Waals surface area (Å²) in [4.78, 5) is 13.6. The number of hydrogen-bond acceptors (Lipinski definition) is 4. The molecule has 5 heteroatoms. The van der Waals surface area contributed by atoms with Gasteiger partial charge in [0.25, 0.3) is 0 Å². The molecule has 0 saturated heterocycles. The van der Waals surface area contributed by atoms with E-state index in [-0.39, 0.29) is 5.91 Å². The van der Waals surface area contributed by atoms with Crippen molar-refractivity contribution in [2.24, 2.45) is 5.73 Å². The quantitative estimate of drug-likeness (QED) is 0.609. The van der Waals surface area contributed by atoms with Crippen molar-refractivity contribution in [3.05, 3.63) is 0 Å². The maximum absolute atomic E-state index is 11.4. The molecule has 0 aliphatic carbocycles. The van der Waals surface area contributed by atoms with Crippen LogP contribution in [-0.4, -0.2) is 56.2 Å². The van der Waals surface area contributed by atoms with E-state index >= 15 is 0 Å². The van der Waals surface area contributed by atoms with E-state index in [0.29, 0.717) is 19.1 Å². The minimum absolute atomic E-state index is 0.299. The third kappa shape index (κ3) is 5.48. The molecule has 3 N–H and O–H groups in total. The molecule has 0 aromatic rings. The van der Waals surface area contributed by atoms with Gasteiger partial charge in [0.1, 0.15) is 0 Å². The molecule has 102 valence electrons. The number of amides is 1. The van der Waals surface area contributed by atoms with Crippen LogP contribution in [0.5, 0.6) is 0 Å². The van der Waals surface area contributed by atoms with Crippen LogP contribution in [0.2, 0.25) is 0 Å². The first kappa shape index (κ1) is 16.4. The third-order valence-corrected chi connectivity index (χ3v) is 3.24. The number of likely N-dealkylation sites (N-methyl/N-ethyl adjacent to an activating group) is 2. The normalized spacial score (nSPS) is 16.8. The van der Waals surface area contributed by atoms with Crippen LogP contribution < -0.4 is 11.1 Å². The van der Waals surface area contributed by atoms with E-state index < -0.39 is 5.54 Å². The molecule has 0 aliphatic rings. The molecule has 2 atom stereocenters. The van der Waals surface area contributed by atoms with E-state index in [4.69, 9.17) is 10.5 Å². The molecule has 0 bridgehead atoms. The van der Waals surface area contributed by atoms with Crippen molar-refractivity contribution in [2.45, 2.75) is 38.8 Å². The summed E-state index contributed by atoms with van der Waals surface area (Å²) >= 11 is 0. The van der Waals surface area contributed by atoms with Crippen LogP contribution in [0.3, 0.4) is 0 Å². The molecule has 0 fully saturated rings. The Bertz CT molecular complexity index is 236.